The minimum absolute atomic E-state index is 0.00250. The number of nitrogens with one attached hydrogen (secondary N) is 1. The minimum atomic E-state index is -4.65. The zero-order valence-corrected chi connectivity index (χ0v) is 16.3. The van der Waals surface area contributed by atoms with Gasteiger partial charge in [-0.2, -0.15) is 21.6 Å². The van der Waals surface area contributed by atoms with Crippen molar-refractivity contribution >= 4 is 21.7 Å². The van der Waals surface area contributed by atoms with Crippen LogP contribution in [0.15, 0.2) is 59.6 Å². The smallest absolute Gasteiger partial charge is 0.384 e. The van der Waals surface area contributed by atoms with Gasteiger partial charge in [-0.15, -0.1) is 0 Å². The fourth-order valence-corrected chi connectivity index (χ4v) is 4.16. The van der Waals surface area contributed by atoms with Crippen molar-refractivity contribution in [2.45, 2.75) is 30.0 Å². The second-order valence-electron chi connectivity index (χ2n) is 6.96. The van der Waals surface area contributed by atoms with Crippen molar-refractivity contribution < 1.29 is 21.6 Å². The van der Waals surface area contributed by atoms with Gasteiger partial charge in [0, 0.05) is 5.56 Å². The molecule has 3 N–H and O–H groups in total. The molecule has 1 aliphatic carbocycles. The third-order valence-corrected chi connectivity index (χ3v) is 5.95. The molecule has 30 heavy (non-hydrogen) atoms. The van der Waals surface area contributed by atoms with Gasteiger partial charge in [-0.1, -0.05) is 30.3 Å². The van der Waals surface area contributed by atoms with Crippen LogP contribution in [-0.4, -0.2) is 18.4 Å². The number of benzene rings is 1. The third kappa shape index (κ3) is 4.09. The highest BCUT2D eigenvalue weighted by atomic mass is 32.2. The van der Waals surface area contributed by atoms with Crippen LogP contribution in [0.3, 0.4) is 0 Å². The number of anilines is 2. The lowest BCUT2D eigenvalue weighted by molar-refractivity contribution is -0.137. The molecule has 0 unspecified atom stereocenters. The predicted octanol–water partition coefficient (Wildman–Crippen LogP) is 4.42. The lowest BCUT2D eigenvalue weighted by Gasteiger charge is -2.16. The SMILES string of the molecule is Nc1cccc(S(=O)(=O)Nc2ccc(C(F)(F)F)c(-c3ccccc3C3CC3)n2)n1. The topological polar surface area (TPSA) is 98.0 Å². The number of halogens is 3. The van der Waals surface area contributed by atoms with Gasteiger partial charge in [-0.3, -0.25) is 4.72 Å². The van der Waals surface area contributed by atoms with E-state index in [1.54, 1.807) is 24.3 Å². The number of alkyl halides is 3. The van der Waals surface area contributed by atoms with E-state index < -0.39 is 21.8 Å². The zero-order chi connectivity index (χ0) is 21.5. The van der Waals surface area contributed by atoms with Crippen LogP contribution < -0.4 is 10.5 Å². The number of aromatic nitrogens is 2. The summed E-state index contributed by atoms with van der Waals surface area (Å²) in [6, 6.07) is 12.6. The molecule has 10 heteroatoms. The summed E-state index contributed by atoms with van der Waals surface area (Å²) in [5, 5.41) is -0.357. The van der Waals surface area contributed by atoms with Crippen LogP contribution in [0.2, 0.25) is 0 Å². The first kappa shape index (κ1) is 20.1. The second kappa shape index (κ2) is 7.28. The fraction of sp³-hybridized carbons (Fsp3) is 0.200. The van der Waals surface area contributed by atoms with Crippen molar-refractivity contribution in [1.29, 1.82) is 0 Å². The summed E-state index contributed by atoms with van der Waals surface area (Å²) >= 11 is 0. The Morgan fingerprint density at radius 2 is 1.70 bits per heavy atom. The molecule has 0 radical (unpaired) electrons. The normalized spacial score (nSPS) is 14.5. The molecule has 0 aliphatic heterocycles. The van der Waals surface area contributed by atoms with Crippen LogP contribution in [0.1, 0.15) is 29.9 Å². The Bertz CT molecular complexity index is 1210. The van der Waals surface area contributed by atoms with E-state index in [1.807, 2.05) is 0 Å². The summed E-state index contributed by atoms with van der Waals surface area (Å²) in [5.74, 6) is -0.0638. The van der Waals surface area contributed by atoms with E-state index in [9.17, 15) is 21.6 Å². The molecule has 0 atom stereocenters. The van der Waals surface area contributed by atoms with Gasteiger partial charge in [-0.25, -0.2) is 9.97 Å². The van der Waals surface area contributed by atoms with E-state index in [-0.39, 0.29) is 28.3 Å². The molecule has 1 fully saturated rings. The van der Waals surface area contributed by atoms with Gasteiger partial charge >= 0.3 is 6.18 Å². The van der Waals surface area contributed by atoms with E-state index in [0.717, 1.165) is 30.5 Å². The summed E-state index contributed by atoms with van der Waals surface area (Å²) in [7, 11) is -4.18. The average molecular weight is 434 g/mol. The first-order valence-electron chi connectivity index (χ1n) is 9.08. The van der Waals surface area contributed by atoms with Crippen molar-refractivity contribution in [3.8, 4) is 11.3 Å². The molecule has 1 aromatic carbocycles. The molecule has 0 saturated heterocycles. The number of hydrogen-bond donors (Lipinski definition) is 2. The van der Waals surface area contributed by atoms with Crippen molar-refractivity contribution in [2.75, 3.05) is 10.5 Å². The van der Waals surface area contributed by atoms with E-state index in [4.69, 9.17) is 5.73 Å². The molecule has 6 nitrogen and oxygen atoms in total. The summed E-state index contributed by atoms with van der Waals surface area (Å²) in [5.41, 5.74) is 5.39. The summed E-state index contributed by atoms with van der Waals surface area (Å²) in [6.45, 7) is 0. The van der Waals surface area contributed by atoms with Gasteiger partial charge in [0.2, 0.25) is 0 Å². The van der Waals surface area contributed by atoms with Gasteiger partial charge in [0.25, 0.3) is 10.0 Å². The van der Waals surface area contributed by atoms with Gasteiger partial charge in [0.1, 0.15) is 11.6 Å². The maximum absolute atomic E-state index is 13.7. The Morgan fingerprint density at radius 1 is 0.967 bits per heavy atom. The molecule has 3 aromatic rings. The fourth-order valence-electron chi connectivity index (χ4n) is 3.18. The van der Waals surface area contributed by atoms with Crippen LogP contribution in [0.4, 0.5) is 24.8 Å². The molecule has 2 heterocycles. The molecule has 2 aromatic heterocycles. The van der Waals surface area contributed by atoms with E-state index in [0.29, 0.717) is 5.56 Å². The van der Waals surface area contributed by atoms with Crippen LogP contribution >= 0.6 is 0 Å². The molecule has 0 bridgehead atoms. The first-order chi connectivity index (χ1) is 14.1. The number of rotatable bonds is 5. The van der Waals surface area contributed by atoms with Gasteiger partial charge in [0.05, 0.1) is 11.3 Å². The molecule has 156 valence electrons. The molecule has 1 aliphatic rings. The first-order valence-corrected chi connectivity index (χ1v) is 10.6. The number of sulfonamides is 1. The largest absolute Gasteiger partial charge is 0.418 e. The summed E-state index contributed by atoms with van der Waals surface area (Å²) in [4.78, 5) is 7.79. The Morgan fingerprint density at radius 3 is 2.37 bits per heavy atom. The van der Waals surface area contributed by atoms with Crippen LogP contribution in [0, 0.1) is 0 Å². The highest BCUT2D eigenvalue weighted by molar-refractivity contribution is 7.92. The number of nitrogen functional groups attached to an aromatic ring is 1. The van der Waals surface area contributed by atoms with E-state index >= 15 is 0 Å². The highest BCUT2D eigenvalue weighted by Gasteiger charge is 2.36. The van der Waals surface area contributed by atoms with Gasteiger partial charge in [-0.05, 0) is 48.6 Å². The number of nitrogens with zero attached hydrogens (tertiary/aromatic N) is 2. The van der Waals surface area contributed by atoms with E-state index in [2.05, 4.69) is 14.7 Å². The quantitative estimate of drug-likeness (QED) is 0.619. The Balaban J connectivity index is 1.80. The lowest BCUT2D eigenvalue weighted by atomic mass is 9.97. The molecule has 0 spiro atoms. The Kier molecular flexibility index (Phi) is 4.89. The Labute approximate surface area is 171 Å². The Hall–Kier alpha value is -3.14. The minimum Gasteiger partial charge on any atom is -0.384 e. The molecule has 1 saturated carbocycles. The van der Waals surface area contributed by atoms with Gasteiger partial charge in [0.15, 0.2) is 5.03 Å². The molecular formula is C20H17F3N4O2S. The van der Waals surface area contributed by atoms with Crippen molar-refractivity contribution in [3.05, 3.63) is 65.7 Å². The number of hydrogen-bond acceptors (Lipinski definition) is 5. The van der Waals surface area contributed by atoms with E-state index in [1.165, 1.54) is 18.2 Å². The monoisotopic (exact) mass is 434 g/mol. The summed E-state index contributed by atoms with van der Waals surface area (Å²) < 4.78 is 68.3. The molecule has 4 rings (SSSR count). The molecule has 0 amide bonds. The van der Waals surface area contributed by atoms with Crippen LogP contribution in [-0.2, 0) is 16.2 Å². The molecular weight excluding hydrogens is 417 g/mol. The van der Waals surface area contributed by atoms with Crippen LogP contribution in [0.25, 0.3) is 11.3 Å². The lowest BCUT2D eigenvalue weighted by Crippen LogP contribution is -2.17. The number of nitrogens with two attached hydrogens (primary N) is 1. The number of pyridine rings is 2. The third-order valence-electron chi connectivity index (χ3n) is 4.69. The highest BCUT2D eigenvalue weighted by Crippen LogP contribution is 2.46. The standard InChI is InChI=1S/C20H17F3N4O2S/c21-20(22,23)15-10-11-17(27-30(28,29)18-7-3-6-16(24)25-18)26-19(15)14-5-2-1-4-13(14)12-8-9-12/h1-7,10-12H,8-9H2,(H2,24,25)(H,26,27). The second-order valence-corrected chi connectivity index (χ2v) is 8.59. The predicted molar refractivity (Wildman–Crippen MR) is 106 cm³/mol. The van der Waals surface area contributed by atoms with Crippen molar-refractivity contribution in [1.82, 2.24) is 9.97 Å². The maximum atomic E-state index is 13.7. The maximum Gasteiger partial charge on any atom is 0.418 e. The summed E-state index contributed by atoms with van der Waals surface area (Å²) in [6.07, 6.45) is -2.86. The average Bonchev–Trinajstić information content (AvgIpc) is 3.52. The van der Waals surface area contributed by atoms with Crippen molar-refractivity contribution in [2.24, 2.45) is 0 Å². The zero-order valence-electron chi connectivity index (χ0n) is 15.5. The van der Waals surface area contributed by atoms with Gasteiger partial charge < -0.3 is 5.73 Å². The van der Waals surface area contributed by atoms with Crippen LogP contribution in [0.5, 0.6) is 0 Å². The van der Waals surface area contributed by atoms with Crippen molar-refractivity contribution in [3.63, 3.8) is 0 Å².